The standard InChI is InChI=1S/C18H23NO2/c1-11-2-3-15(16(20)4-11)17(21)19-18-8-12-5-13(9-18)7-14(6-12)10-18/h2-4,12-14,20H,5-10H2,1H3,(H,19,21). The summed E-state index contributed by atoms with van der Waals surface area (Å²) in [6.07, 6.45) is 7.51. The summed E-state index contributed by atoms with van der Waals surface area (Å²) in [5, 5.41) is 13.3. The fraction of sp³-hybridized carbons (Fsp3) is 0.611. The lowest BCUT2D eigenvalue weighted by molar-refractivity contribution is -0.0167. The first-order valence-electron chi connectivity index (χ1n) is 8.15. The molecule has 5 rings (SSSR count). The molecular formula is C18H23NO2. The van der Waals surface area contributed by atoms with Gasteiger partial charge in [-0.2, -0.15) is 0 Å². The molecule has 0 aromatic heterocycles. The van der Waals surface area contributed by atoms with Gasteiger partial charge in [-0.25, -0.2) is 0 Å². The summed E-state index contributed by atoms with van der Waals surface area (Å²) in [5.41, 5.74) is 1.39. The van der Waals surface area contributed by atoms with Gasteiger partial charge in [0.25, 0.3) is 5.91 Å². The maximum absolute atomic E-state index is 12.6. The minimum atomic E-state index is -0.102. The van der Waals surface area contributed by atoms with Crippen molar-refractivity contribution in [3.8, 4) is 5.75 Å². The molecule has 1 amide bonds. The number of carbonyl (C=O) groups excluding carboxylic acids is 1. The number of aromatic hydroxyl groups is 1. The van der Waals surface area contributed by atoms with Crippen LogP contribution in [0.15, 0.2) is 18.2 Å². The Bertz CT molecular complexity index is 558. The van der Waals surface area contributed by atoms with Crippen LogP contribution < -0.4 is 5.32 Å². The summed E-state index contributed by atoms with van der Waals surface area (Å²) in [5.74, 6) is 2.42. The Hall–Kier alpha value is -1.51. The third kappa shape index (κ3) is 2.23. The quantitative estimate of drug-likeness (QED) is 0.875. The molecule has 4 aliphatic carbocycles. The molecule has 4 aliphatic rings. The molecule has 0 saturated heterocycles. The van der Waals surface area contributed by atoms with Crippen LogP contribution in [0.3, 0.4) is 0 Å². The van der Waals surface area contributed by atoms with Gasteiger partial charge in [0, 0.05) is 5.54 Å². The smallest absolute Gasteiger partial charge is 0.255 e. The second-order valence-corrected chi connectivity index (χ2v) is 7.67. The molecule has 0 spiro atoms. The van der Waals surface area contributed by atoms with E-state index >= 15 is 0 Å². The normalized spacial score (nSPS) is 36.7. The molecule has 0 radical (unpaired) electrons. The van der Waals surface area contributed by atoms with Gasteiger partial charge in [-0.1, -0.05) is 6.07 Å². The van der Waals surface area contributed by atoms with Crippen molar-refractivity contribution in [1.29, 1.82) is 0 Å². The maximum Gasteiger partial charge on any atom is 0.255 e. The minimum absolute atomic E-state index is 0.00313. The summed E-state index contributed by atoms with van der Waals surface area (Å²) in [6.45, 7) is 1.92. The van der Waals surface area contributed by atoms with Gasteiger partial charge < -0.3 is 10.4 Å². The molecule has 21 heavy (non-hydrogen) atoms. The topological polar surface area (TPSA) is 49.3 Å². The van der Waals surface area contributed by atoms with E-state index in [1.54, 1.807) is 12.1 Å². The van der Waals surface area contributed by atoms with Crippen molar-refractivity contribution in [3.63, 3.8) is 0 Å². The number of benzene rings is 1. The first-order valence-corrected chi connectivity index (χ1v) is 8.15. The zero-order valence-electron chi connectivity index (χ0n) is 12.6. The summed E-state index contributed by atoms with van der Waals surface area (Å²) < 4.78 is 0. The fourth-order valence-corrected chi connectivity index (χ4v) is 5.41. The number of amides is 1. The van der Waals surface area contributed by atoms with Crippen LogP contribution in [-0.2, 0) is 0 Å². The van der Waals surface area contributed by atoms with Crippen LogP contribution in [0, 0.1) is 24.7 Å². The Balaban J connectivity index is 1.57. The molecule has 0 unspecified atom stereocenters. The number of hydrogen-bond donors (Lipinski definition) is 2. The van der Waals surface area contributed by atoms with Gasteiger partial charge in [0.05, 0.1) is 5.56 Å². The third-order valence-electron chi connectivity index (χ3n) is 5.81. The zero-order chi connectivity index (χ0) is 14.6. The van der Waals surface area contributed by atoms with Crippen LogP contribution >= 0.6 is 0 Å². The molecule has 1 aromatic rings. The van der Waals surface area contributed by atoms with Gasteiger partial charge in [0.2, 0.25) is 0 Å². The van der Waals surface area contributed by atoms with E-state index in [1.807, 2.05) is 13.0 Å². The number of hydrogen-bond acceptors (Lipinski definition) is 2. The molecule has 4 saturated carbocycles. The molecule has 3 nitrogen and oxygen atoms in total. The van der Waals surface area contributed by atoms with E-state index in [4.69, 9.17) is 0 Å². The van der Waals surface area contributed by atoms with Crippen LogP contribution in [0.2, 0.25) is 0 Å². The van der Waals surface area contributed by atoms with Crippen molar-refractivity contribution in [2.45, 2.75) is 51.0 Å². The molecule has 3 heteroatoms. The van der Waals surface area contributed by atoms with Crippen LogP contribution in [0.4, 0.5) is 0 Å². The molecule has 2 N–H and O–H groups in total. The summed E-state index contributed by atoms with van der Waals surface area (Å²) in [4.78, 5) is 12.6. The van der Waals surface area contributed by atoms with Crippen molar-refractivity contribution in [2.24, 2.45) is 17.8 Å². The molecule has 112 valence electrons. The SMILES string of the molecule is Cc1ccc(C(=O)NC23CC4CC(CC(C4)C2)C3)c(O)c1. The Morgan fingerprint density at radius 3 is 2.24 bits per heavy atom. The van der Waals surface area contributed by atoms with Gasteiger partial charge in [-0.15, -0.1) is 0 Å². The van der Waals surface area contributed by atoms with Crippen molar-refractivity contribution in [1.82, 2.24) is 5.32 Å². The highest BCUT2D eigenvalue weighted by Crippen LogP contribution is 2.55. The molecule has 4 fully saturated rings. The zero-order valence-corrected chi connectivity index (χ0v) is 12.6. The van der Waals surface area contributed by atoms with Crippen LogP contribution in [-0.4, -0.2) is 16.6 Å². The summed E-state index contributed by atoms with van der Waals surface area (Å²) in [6, 6.07) is 5.28. The average Bonchev–Trinajstić information content (AvgIpc) is 2.35. The molecule has 0 heterocycles. The van der Waals surface area contributed by atoms with E-state index in [2.05, 4.69) is 5.32 Å². The second-order valence-electron chi connectivity index (χ2n) is 7.67. The predicted molar refractivity (Wildman–Crippen MR) is 81.2 cm³/mol. The first-order chi connectivity index (χ1) is 10.0. The number of rotatable bonds is 2. The molecule has 0 aliphatic heterocycles. The highest BCUT2D eigenvalue weighted by atomic mass is 16.3. The molecule has 1 aromatic carbocycles. The summed E-state index contributed by atoms with van der Waals surface area (Å²) >= 11 is 0. The first kappa shape index (κ1) is 13.2. The van der Waals surface area contributed by atoms with E-state index in [0.29, 0.717) is 5.56 Å². The lowest BCUT2D eigenvalue weighted by Gasteiger charge is -2.56. The van der Waals surface area contributed by atoms with Crippen molar-refractivity contribution < 1.29 is 9.90 Å². The highest BCUT2D eigenvalue weighted by Gasteiger charge is 2.51. The van der Waals surface area contributed by atoms with Crippen molar-refractivity contribution >= 4 is 5.91 Å². The maximum atomic E-state index is 12.6. The Kier molecular flexibility index (Phi) is 2.82. The number of phenolic OH excluding ortho intramolecular Hbond substituents is 1. The van der Waals surface area contributed by atoms with E-state index in [-0.39, 0.29) is 17.2 Å². The molecule has 4 bridgehead atoms. The largest absolute Gasteiger partial charge is 0.507 e. The third-order valence-corrected chi connectivity index (χ3v) is 5.81. The van der Waals surface area contributed by atoms with Gasteiger partial charge in [-0.3, -0.25) is 4.79 Å². The van der Waals surface area contributed by atoms with E-state index in [0.717, 1.165) is 42.6 Å². The van der Waals surface area contributed by atoms with E-state index in [1.165, 1.54) is 19.3 Å². The second kappa shape index (κ2) is 4.49. The van der Waals surface area contributed by atoms with Crippen LogP contribution in [0.5, 0.6) is 5.75 Å². The Morgan fingerprint density at radius 1 is 1.14 bits per heavy atom. The average molecular weight is 285 g/mol. The summed E-state index contributed by atoms with van der Waals surface area (Å²) in [7, 11) is 0. The van der Waals surface area contributed by atoms with Gasteiger partial charge >= 0.3 is 0 Å². The Morgan fingerprint density at radius 2 is 1.71 bits per heavy atom. The van der Waals surface area contributed by atoms with Crippen molar-refractivity contribution in [2.75, 3.05) is 0 Å². The van der Waals surface area contributed by atoms with Gasteiger partial charge in [-0.05, 0) is 80.9 Å². The lowest BCUT2D eigenvalue weighted by atomic mass is 9.53. The fourth-order valence-electron chi connectivity index (χ4n) is 5.41. The monoisotopic (exact) mass is 285 g/mol. The number of phenols is 1. The van der Waals surface area contributed by atoms with Crippen molar-refractivity contribution in [3.05, 3.63) is 29.3 Å². The number of aryl methyl sites for hydroxylation is 1. The van der Waals surface area contributed by atoms with E-state index < -0.39 is 0 Å². The van der Waals surface area contributed by atoms with Gasteiger partial charge in [0.1, 0.15) is 5.75 Å². The number of carbonyl (C=O) groups is 1. The highest BCUT2D eigenvalue weighted by molar-refractivity contribution is 5.97. The van der Waals surface area contributed by atoms with Crippen LogP contribution in [0.25, 0.3) is 0 Å². The predicted octanol–water partition coefficient (Wildman–Crippen LogP) is 3.40. The van der Waals surface area contributed by atoms with Gasteiger partial charge in [0.15, 0.2) is 0 Å². The molecular weight excluding hydrogens is 262 g/mol. The molecule has 0 atom stereocenters. The minimum Gasteiger partial charge on any atom is -0.507 e. The number of nitrogens with one attached hydrogen (secondary N) is 1. The van der Waals surface area contributed by atoms with Crippen LogP contribution in [0.1, 0.15) is 54.4 Å². The Labute approximate surface area is 125 Å². The van der Waals surface area contributed by atoms with E-state index in [9.17, 15) is 9.90 Å². The lowest BCUT2D eigenvalue weighted by Crippen LogP contribution is -2.59.